The second-order valence-electron chi connectivity index (χ2n) is 9.23. The number of thiazole rings is 1. The maximum Gasteiger partial charge on any atom is 0.262 e. The van der Waals surface area contributed by atoms with E-state index in [1.54, 1.807) is 28.8 Å². The van der Waals surface area contributed by atoms with Gasteiger partial charge in [-0.05, 0) is 43.9 Å². The first kappa shape index (κ1) is 22.9. The molecule has 178 valence electrons. The van der Waals surface area contributed by atoms with Crippen LogP contribution in [-0.2, 0) is 4.79 Å². The van der Waals surface area contributed by atoms with E-state index in [2.05, 4.69) is 21.5 Å². The number of carbonyl (C=O) groups is 3. The third-order valence-corrected chi connectivity index (χ3v) is 6.93. The summed E-state index contributed by atoms with van der Waals surface area (Å²) in [6.07, 6.45) is 0.327. The zero-order valence-electron chi connectivity index (χ0n) is 19.9. The van der Waals surface area contributed by atoms with Gasteiger partial charge in [0.1, 0.15) is 6.04 Å². The van der Waals surface area contributed by atoms with Crippen LogP contribution in [0.3, 0.4) is 0 Å². The van der Waals surface area contributed by atoms with E-state index >= 15 is 0 Å². The average Bonchev–Trinajstić information content (AvgIpc) is 3.45. The van der Waals surface area contributed by atoms with Gasteiger partial charge in [-0.1, -0.05) is 49.7 Å². The van der Waals surface area contributed by atoms with E-state index in [1.807, 2.05) is 45.2 Å². The molecule has 1 aliphatic heterocycles. The second kappa shape index (κ2) is 8.74. The van der Waals surface area contributed by atoms with Crippen LogP contribution in [0.5, 0.6) is 0 Å². The summed E-state index contributed by atoms with van der Waals surface area (Å²) in [7, 11) is 0. The molecule has 3 heterocycles. The molecule has 35 heavy (non-hydrogen) atoms. The lowest BCUT2D eigenvalue weighted by molar-refractivity contribution is -0.120. The van der Waals surface area contributed by atoms with Crippen LogP contribution in [-0.4, -0.2) is 43.3 Å². The Morgan fingerprint density at radius 2 is 1.71 bits per heavy atom. The van der Waals surface area contributed by atoms with Gasteiger partial charge in [-0.25, -0.2) is 4.52 Å². The number of benzene rings is 2. The smallest absolute Gasteiger partial charge is 0.262 e. The van der Waals surface area contributed by atoms with E-state index in [0.717, 1.165) is 21.7 Å². The van der Waals surface area contributed by atoms with Crippen LogP contribution in [0.25, 0.3) is 16.2 Å². The molecular formula is C26H25N5O3S. The van der Waals surface area contributed by atoms with Crippen molar-refractivity contribution in [3.63, 3.8) is 0 Å². The average molecular weight is 488 g/mol. The highest BCUT2D eigenvalue weighted by Gasteiger charge is 2.43. The van der Waals surface area contributed by atoms with E-state index in [4.69, 9.17) is 0 Å². The predicted molar refractivity (Wildman–Crippen MR) is 135 cm³/mol. The first-order valence-corrected chi connectivity index (χ1v) is 12.3. The molecule has 1 unspecified atom stereocenters. The van der Waals surface area contributed by atoms with Crippen molar-refractivity contribution in [1.29, 1.82) is 0 Å². The first-order valence-electron chi connectivity index (χ1n) is 11.4. The SMILES string of the molecule is Cc1ccc(-c2csc3nc(NC(=O)C(CC(C)C)N4C(=O)c5ccccc5C4=O)nn23)c(C)c1. The summed E-state index contributed by atoms with van der Waals surface area (Å²) in [6, 6.07) is 11.9. The summed E-state index contributed by atoms with van der Waals surface area (Å²) >= 11 is 1.43. The number of nitrogens with zero attached hydrogens (tertiary/aromatic N) is 4. The summed E-state index contributed by atoms with van der Waals surface area (Å²) in [5, 5.41) is 9.25. The first-order chi connectivity index (χ1) is 16.7. The van der Waals surface area contributed by atoms with Gasteiger partial charge in [-0.3, -0.25) is 24.6 Å². The largest absolute Gasteiger partial charge is 0.291 e. The number of aryl methyl sites for hydroxylation is 2. The number of imide groups is 1. The van der Waals surface area contributed by atoms with Gasteiger partial charge in [0.05, 0.1) is 16.8 Å². The van der Waals surface area contributed by atoms with Crippen LogP contribution in [0, 0.1) is 19.8 Å². The van der Waals surface area contributed by atoms with Crippen LogP contribution in [0.4, 0.5) is 5.95 Å². The number of aromatic nitrogens is 3. The van der Waals surface area contributed by atoms with Crippen molar-refractivity contribution in [2.24, 2.45) is 5.92 Å². The fourth-order valence-electron chi connectivity index (χ4n) is 4.48. The Kier molecular flexibility index (Phi) is 5.72. The maximum atomic E-state index is 13.4. The molecule has 0 spiro atoms. The molecule has 0 bridgehead atoms. The molecule has 2 aromatic heterocycles. The number of nitrogens with one attached hydrogen (secondary N) is 1. The highest BCUT2D eigenvalue weighted by molar-refractivity contribution is 7.15. The van der Waals surface area contributed by atoms with Crippen molar-refractivity contribution >= 4 is 40.0 Å². The van der Waals surface area contributed by atoms with Gasteiger partial charge in [-0.2, -0.15) is 4.98 Å². The molecule has 0 radical (unpaired) electrons. The zero-order valence-corrected chi connectivity index (χ0v) is 20.7. The predicted octanol–water partition coefficient (Wildman–Crippen LogP) is 4.72. The number of hydrogen-bond acceptors (Lipinski definition) is 6. The van der Waals surface area contributed by atoms with Crippen LogP contribution in [0.15, 0.2) is 47.8 Å². The third kappa shape index (κ3) is 4.01. The molecule has 3 amide bonds. The Bertz CT molecular complexity index is 1450. The minimum atomic E-state index is -0.970. The summed E-state index contributed by atoms with van der Waals surface area (Å²) in [5.41, 5.74) is 4.85. The van der Waals surface area contributed by atoms with Crippen molar-refractivity contribution in [3.8, 4) is 11.3 Å². The van der Waals surface area contributed by atoms with Crippen LogP contribution in [0.1, 0.15) is 52.1 Å². The Labute approximate surface area is 206 Å². The number of fused-ring (bicyclic) bond motifs is 2. The number of hydrogen-bond donors (Lipinski definition) is 1. The van der Waals surface area contributed by atoms with Gasteiger partial charge in [0.15, 0.2) is 0 Å². The molecular weight excluding hydrogens is 462 g/mol. The summed E-state index contributed by atoms with van der Waals surface area (Å²) in [5.74, 6) is -1.19. The standard InChI is InChI=1S/C26H25N5O3S/c1-14(2)11-20(30-23(33)18-7-5-6-8-19(18)24(30)34)22(32)27-25-28-26-31(29-25)21(13-35-26)17-10-9-15(3)12-16(17)4/h5-10,12-14,20H,11H2,1-4H3,(H,27,29,32). The molecule has 1 atom stereocenters. The van der Waals surface area contributed by atoms with Crippen molar-refractivity contribution in [2.75, 3.05) is 5.32 Å². The highest BCUT2D eigenvalue weighted by atomic mass is 32.1. The summed E-state index contributed by atoms with van der Waals surface area (Å²) < 4.78 is 1.71. The van der Waals surface area contributed by atoms with E-state index in [9.17, 15) is 14.4 Å². The second-order valence-corrected chi connectivity index (χ2v) is 10.1. The minimum absolute atomic E-state index is 0.0737. The molecule has 0 aliphatic carbocycles. The van der Waals surface area contributed by atoms with Gasteiger partial charge in [-0.15, -0.1) is 16.4 Å². The van der Waals surface area contributed by atoms with E-state index < -0.39 is 23.8 Å². The van der Waals surface area contributed by atoms with Crippen LogP contribution in [0.2, 0.25) is 0 Å². The molecule has 0 saturated heterocycles. The van der Waals surface area contributed by atoms with Crippen molar-refractivity contribution in [2.45, 2.75) is 40.2 Å². The fraction of sp³-hybridized carbons (Fsp3) is 0.269. The number of rotatable bonds is 6. The van der Waals surface area contributed by atoms with Gasteiger partial charge < -0.3 is 0 Å². The molecule has 1 N–H and O–H groups in total. The van der Waals surface area contributed by atoms with Crippen molar-refractivity contribution in [1.82, 2.24) is 19.5 Å². The molecule has 9 heteroatoms. The topological polar surface area (TPSA) is 96.7 Å². The van der Waals surface area contributed by atoms with Crippen molar-refractivity contribution < 1.29 is 14.4 Å². The van der Waals surface area contributed by atoms with Crippen LogP contribution >= 0.6 is 11.3 Å². The van der Waals surface area contributed by atoms with Gasteiger partial charge >= 0.3 is 0 Å². The molecule has 4 aromatic rings. The van der Waals surface area contributed by atoms with Gasteiger partial charge in [0.25, 0.3) is 17.8 Å². The van der Waals surface area contributed by atoms with Gasteiger partial charge in [0, 0.05) is 10.9 Å². The summed E-state index contributed by atoms with van der Waals surface area (Å²) in [6.45, 7) is 7.98. The molecule has 1 aliphatic rings. The maximum absolute atomic E-state index is 13.4. The van der Waals surface area contributed by atoms with E-state index in [-0.39, 0.29) is 11.9 Å². The lowest BCUT2D eigenvalue weighted by Crippen LogP contribution is -2.48. The van der Waals surface area contributed by atoms with Crippen molar-refractivity contribution in [3.05, 3.63) is 70.1 Å². The zero-order chi connectivity index (χ0) is 24.9. The number of anilines is 1. The Morgan fingerprint density at radius 1 is 1.03 bits per heavy atom. The third-order valence-electron chi connectivity index (χ3n) is 6.11. The quantitative estimate of drug-likeness (QED) is 0.397. The Morgan fingerprint density at radius 3 is 2.34 bits per heavy atom. The lowest BCUT2D eigenvalue weighted by Gasteiger charge is -2.26. The molecule has 0 fully saturated rings. The lowest BCUT2D eigenvalue weighted by atomic mass is 10.0. The number of amides is 3. The van der Waals surface area contributed by atoms with E-state index in [0.29, 0.717) is 22.5 Å². The molecule has 5 rings (SSSR count). The monoisotopic (exact) mass is 487 g/mol. The van der Waals surface area contributed by atoms with Gasteiger partial charge in [0.2, 0.25) is 10.9 Å². The summed E-state index contributed by atoms with van der Waals surface area (Å²) in [4.78, 5) is 45.6. The Balaban J connectivity index is 1.44. The van der Waals surface area contributed by atoms with E-state index in [1.165, 1.54) is 16.9 Å². The fourth-order valence-corrected chi connectivity index (χ4v) is 5.30. The molecule has 0 saturated carbocycles. The van der Waals surface area contributed by atoms with Crippen LogP contribution < -0.4 is 5.32 Å². The number of carbonyl (C=O) groups excluding carboxylic acids is 3. The highest BCUT2D eigenvalue weighted by Crippen LogP contribution is 2.30. The molecule has 2 aromatic carbocycles. The minimum Gasteiger partial charge on any atom is -0.291 e. The Hall–Kier alpha value is -3.85. The normalized spacial score (nSPS) is 14.1. The molecule has 8 nitrogen and oxygen atoms in total.